The average Bonchev–Trinajstić information content (AvgIpc) is 2.20. The summed E-state index contributed by atoms with van der Waals surface area (Å²) in [6.07, 6.45) is 0. The van der Waals surface area contributed by atoms with Crippen molar-refractivity contribution in [1.29, 1.82) is 0 Å². The number of nitrogens with one attached hydrogen (secondary N) is 1. The lowest BCUT2D eigenvalue weighted by Gasteiger charge is -2.02. The Morgan fingerprint density at radius 2 is 2.09 bits per heavy atom. The van der Waals surface area contributed by atoms with E-state index in [1.165, 1.54) is 5.71 Å². The van der Waals surface area contributed by atoms with Gasteiger partial charge in [-0.05, 0) is 19.4 Å². The second-order valence-corrected chi connectivity index (χ2v) is 2.81. The van der Waals surface area contributed by atoms with Crippen LogP contribution in [0.15, 0.2) is 4.99 Å². The number of rotatable bonds is 0. The van der Waals surface area contributed by atoms with Crippen molar-refractivity contribution in [3.8, 4) is 0 Å². The molecule has 2 heteroatoms. The van der Waals surface area contributed by atoms with Gasteiger partial charge < -0.3 is 5.32 Å². The summed E-state index contributed by atoms with van der Waals surface area (Å²) in [5.74, 6) is 0.711. The van der Waals surface area contributed by atoms with E-state index in [4.69, 9.17) is 0 Å². The van der Waals surface area contributed by atoms with Crippen molar-refractivity contribution in [1.82, 2.24) is 5.32 Å². The first kappa shape index (κ1) is 10.6. The van der Waals surface area contributed by atoms with Crippen molar-refractivity contribution in [3.63, 3.8) is 0 Å². The summed E-state index contributed by atoms with van der Waals surface area (Å²) in [6.45, 7) is 11.4. The van der Waals surface area contributed by atoms with E-state index in [1.54, 1.807) is 0 Å². The topological polar surface area (TPSA) is 24.4 Å². The van der Waals surface area contributed by atoms with Gasteiger partial charge in [0.15, 0.2) is 0 Å². The molecule has 1 N–H and O–H groups in total. The molecule has 1 unspecified atom stereocenters. The normalized spacial score (nSPS) is 24.4. The number of hydrogen-bond acceptors (Lipinski definition) is 2. The molecule has 11 heavy (non-hydrogen) atoms. The van der Waals surface area contributed by atoms with E-state index in [0.29, 0.717) is 5.92 Å². The van der Waals surface area contributed by atoms with Crippen LogP contribution >= 0.6 is 0 Å². The van der Waals surface area contributed by atoms with Crippen LogP contribution in [0.3, 0.4) is 0 Å². The molecule has 0 aromatic rings. The van der Waals surface area contributed by atoms with E-state index in [0.717, 1.165) is 19.6 Å². The second kappa shape index (κ2) is 6.35. The third-order valence-electron chi connectivity index (χ3n) is 1.55. The molecule has 0 spiro atoms. The van der Waals surface area contributed by atoms with Gasteiger partial charge in [0.2, 0.25) is 0 Å². The fraction of sp³-hybridized carbons (Fsp3) is 0.889. The maximum atomic E-state index is 4.36. The lowest BCUT2D eigenvalue weighted by Crippen LogP contribution is -2.23. The van der Waals surface area contributed by atoms with Crippen LogP contribution in [0.2, 0.25) is 0 Å². The van der Waals surface area contributed by atoms with Crippen molar-refractivity contribution in [2.45, 2.75) is 27.7 Å². The second-order valence-electron chi connectivity index (χ2n) is 2.81. The van der Waals surface area contributed by atoms with E-state index in [-0.39, 0.29) is 0 Å². The van der Waals surface area contributed by atoms with Crippen LogP contribution in [-0.2, 0) is 0 Å². The van der Waals surface area contributed by atoms with Crippen molar-refractivity contribution >= 4 is 5.71 Å². The smallest absolute Gasteiger partial charge is 0.0426 e. The minimum Gasteiger partial charge on any atom is -0.311 e. The first-order valence-corrected chi connectivity index (χ1v) is 4.49. The van der Waals surface area contributed by atoms with Gasteiger partial charge in [-0.2, -0.15) is 0 Å². The predicted octanol–water partition coefficient (Wildman–Crippen LogP) is 1.71. The summed E-state index contributed by atoms with van der Waals surface area (Å²) < 4.78 is 0. The van der Waals surface area contributed by atoms with Gasteiger partial charge in [-0.25, -0.2) is 0 Å². The van der Waals surface area contributed by atoms with Crippen LogP contribution in [0.1, 0.15) is 27.7 Å². The first-order chi connectivity index (χ1) is 5.29. The molecule has 0 aromatic carbocycles. The Morgan fingerprint density at radius 3 is 2.73 bits per heavy atom. The maximum absolute atomic E-state index is 4.36. The summed E-state index contributed by atoms with van der Waals surface area (Å²) in [7, 11) is 0. The van der Waals surface area contributed by atoms with Crippen LogP contribution in [0.25, 0.3) is 0 Å². The Hall–Kier alpha value is -0.370. The Kier molecular flexibility index (Phi) is 6.13. The molecule has 0 bridgehead atoms. The molecule has 0 saturated heterocycles. The SMILES string of the molecule is CC.CC1=NCC(C)CNC1. The zero-order chi connectivity index (χ0) is 8.69. The molecular formula is C9H20N2. The van der Waals surface area contributed by atoms with Crippen molar-refractivity contribution in [3.05, 3.63) is 0 Å². The Morgan fingerprint density at radius 1 is 1.45 bits per heavy atom. The Labute approximate surface area is 70.1 Å². The Balaban J connectivity index is 0.000000461. The van der Waals surface area contributed by atoms with Gasteiger partial charge in [-0.3, -0.25) is 4.99 Å². The highest BCUT2D eigenvalue weighted by molar-refractivity contribution is 5.84. The fourth-order valence-corrected chi connectivity index (χ4v) is 0.932. The zero-order valence-corrected chi connectivity index (χ0v) is 8.15. The minimum atomic E-state index is 0.711. The summed E-state index contributed by atoms with van der Waals surface area (Å²) in [5.41, 5.74) is 1.24. The average molecular weight is 156 g/mol. The molecule has 0 aromatic heterocycles. The van der Waals surface area contributed by atoms with Crippen molar-refractivity contribution < 1.29 is 0 Å². The zero-order valence-electron chi connectivity index (χ0n) is 8.15. The van der Waals surface area contributed by atoms with Gasteiger partial charge in [0.1, 0.15) is 0 Å². The minimum absolute atomic E-state index is 0.711. The van der Waals surface area contributed by atoms with E-state index in [1.807, 2.05) is 13.8 Å². The molecule has 0 amide bonds. The number of nitrogens with zero attached hydrogens (tertiary/aromatic N) is 1. The van der Waals surface area contributed by atoms with Gasteiger partial charge in [-0.15, -0.1) is 0 Å². The molecule has 66 valence electrons. The van der Waals surface area contributed by atoms with Gasteiger partial charge in [-0.1, -0.05) is 20.8 Å². The molecule has 0 radical (unpaired) electrons. The monoisotopic (exact) mass is 156 g/mol. The highest BCUT2D eigenvalue weighted by atomic mass is 14.9. The fourth-order valence-electron chi connectivity index (χ4n) is 0.932. The lowest BCUT2D eigenvalue weighted by atomic mass is 10.2. The largest absolute Gasteiger partial charge is 0.311 e. The molecule has 1 rings (SSSR count). The van der Waals surface area contributed by atoms with Gasteiger partial charge in [0, 0.05) is 18.8 Å². The van der Waals surface area contributed by atoms with Crippen LogP contribution < -0.4 is 5.32 Å². The van der Waals surface area contributed by atoms with E-state index in [2.05, 4.69) is 24.2 Å². The third kappa shape index (κ3) is 4.96. The quantitative estimate of drug-likeness (QED) is 0.567. The van der Waals surface area contributed by atoms with Crippen molar-refractivity contribution in [2.75, 3.05) is 19.6 Å². The predicted molar refractivity (Wildman–Crippen MR) is 51.4 cm³/mol. The van der Waals surface area contributed by atoms with Crippen molar-refractivity contribution in [2.24, 2.45) is 10.9 Å². The highest BCUT2D eigenvalue weighted by Crippen LogP contribution is 1.96. The van der Waals surface area contributed by atoms with Gasteiger partial charge in [0.05, 0.1) is 0 Å². The summed E-state index contributed by atoms with van der Waals surface area (Å²) in [5, 5.41) is 3.32. The molecule has 0 aliphatic carbocycles. The lowest BCUT2D eigenvalue weighted by molar-refractivity contribution is 0.561. The summed E-state index contributed by atoms with van der Waals surface area (Å²) >= 11 is 0. The molecule has 1 atom stereocenters. The Bertz CT molecular complexity index is 119. The van der Waals surface area contributed by atoms with Crippen LogP contribution in [0.5, 0.6) is 0 Å². The molecular weight excluding hydrogens is 136 g/mol. The number of aliphatic imine (C=N–C) groups is 1. The van der Waals surface area contributed by atoms with Gasteiger partial charge in [0.25, 0.3) is 0 Å². The van der Waals surface area contributed by atoms with Crippen LogP contribution in [0.4, 0.5) is 0 Å². The molecule has 0 fully saturated rings. The standard InChI is InChI=1S/C7H14N2.C2H6/c1-6-3-8-5-7(2)9-4-6;1-2/h6,8H,3-5H2,1-2H3;1-2H3. The maximum Gasteiger partial charge on any atom is 0.0426 e. The van der Waals surface area contributed by atoms with Crippen LogP contribution in [0, 0.1) is 5.92 Å². The summed E-state index contributed by atoms with van der Waals surface area (Å²) in [4.78, 5) is 4.36. The molecule has 0 saturated carbocycles. The molecule has 1 aliphatic heterocycles. The molecule has 1 aliphatic rings. The van der Waals surface area contributed by atoms with E-state index in [9.17, 15) is 0 Å². The van der Waals surface area contributed by atoms with Gasteiger partial charge >= 0.3 is 0 Å². The third-order valence-corrected chi connectivity index (χ3v) is 1.55. The first-order valence-electron chi connectivity index (χ1n) is 4.49. The molecule has 2 nitrogen and oxygen atoms in total. The van der Waals surface area contributed by atoms with E-state index >= 15 is 0 Å². The number of hydrogen-bond donors (Lipinski definition) is 1. The summed E-state index contributed by atoms with van der Waals surface area (Å²) in [6, 6.07) is 0. The highest BCUT2D eigenvalue weighted by Gasteiger charge is 2.04. The van der Waals surface area contributed by atoms with Crippen LogP contribution in [-0.4, -0.2) is 25.3 Å². The van der Waals surface area contributed by atoms with E-state index < -0.39 is 0 Å². The molecule has 1 heterocycles.